The van der Waals surface area contributed by atoms with E-state index < -0.39 is 10.0 Å². The van der Waals surface area contributed by atoms with Gasteiger partial charge in [-0.15, -0.1) is 0 Å². The zero-order chi connectivity index (χ0) is 24.1. The first-order valence-electron chi connectivity index (χ1n) is 10.9. The van der Waals surface area contributed by atoms with Crippen molar-refractivity contribution in [2.24, 2.45) is 0 Å². The van der Waals surface area contributed by atoms with Crippen LogP contribution in [0.15, 0.2) is 58.0 Å². The van der Waals surface area contributed by atoms with Crippen LogP contribution in [0.5, 0.6) is 5.75 Å². The first kappa shape index (κ1) is 23.9. The summed E-state index contributed by atoms with van der Waals surface area (Å²) in [5, 5.41) is 2.81. The van der Waals surface area contributed by atoms with E-state index in [0.29, 0.717) is 37.8 Å². The molecule has 4 rings (SSSR count). The van der Waals surface area contributed by atoms with Gasteiger partial charge in [0.15, 0.2) is 0 Å². The van der Waals surface area contributed by atoms with Crippen LogP contribution < -0.4 is 10.1 Å². The van der Waals surface area contributed by atoms with Gasteiger partial charge in [-0.3, -0.25) is 4.79 Å². The number of nitrogens with zero attached hydrogens (tertiary/aromatic N) is 2. The van der Waals surface area contributed by atoms with Crippen molar-refractivity contribution in [2.75, 3.05) is 40.0 Å². The Balaban J connectivity index is 1.41. The van der Waals surface area contributed by atoms with Crippen LogP contribution in [0.2, 0.25) is 0 Å². The molecule has 1 N–H and O–H groups in total. The van der Waals surface area contributed by atoms with Crippen molar-refractivity contribution < 1.29 is 27.1 Å². The summed E-state index contributed by atoms with van der Waals surface area (Å²) < 4.78 is 43.6. The number of aromatic nitrogens is 1. The number of amides is 1. The molecular formula is C24H27N3O6S. The lowest BCUT2D eigenvalue weighted by molar-refractivity contribution is 0.0729. The molecule has 0 spiro atoms. The van der Waals surface area contributed by atoms with E-state index in [1.165, 1.54) is 29.6 Å². The molecule has 0 unspecified atom stereocenters. The molecule has 0 saturated carbocycles. The Morgan fingerprint density at radius 1 is 1.15 bits per heavy atom. The smallest absolute Gasteiger partial charge is 0.251 e. The van der Waals surface area contributed by atoms with Crippen molar-refractivity contribution in [3.63, 3.8) is 0 Å². The Kier molecular flexibility index (Phi) is 7.30. The second kappa shape index (κ2) is 10.4. The van der Waals surface area contributed by atoms with Crippen molar-refractivity contribution in [3.8, 4) is 17.2 Å². The Bertz CT molecular complexity index is 1250. The van der Waals surface area contributed by atoms with Gasteiger partial charge in [0.25, 0.3) is 5.91 Å². The summed E-state index contributed by atoms with van der Waals surface area (Å²) in [4.78, 5) is 17.2. The Morgan fingerprint density at radius 3 is 2.59 bits per heavy atom. The molecule has 1 aliphatic rings. The highest BCUT2D eigenvalue weighted by atomic mass is 32.2. The minimum atomic E-state index is -3.82. The summed E-state index contributed by atoms with van der Waals surface area (Å²) in [5.41, 5.74) is 2.97. The minimum Gasteiger partial charge on any atom is -0.495 e. The Morgan fingerprint density at radius 2 is 1.88 bits per heavy atom. The van der Waals surface area contributed by atoms with E-state index in [-0.39, 0.29) is 35.2 Å². The zero-order valence-corrected chi connectivity index (χ0v) is 19.9. The van der Waals surface area contributed by atoms with Gasteiger partial charge in [0.1, 0.15) is 16.9 Å². The van der Waals surface area contributed by atoms with Gasteiger partial charge in [-0.25, -0.2) is 13.4 Å². The first-order chi connectivity index (χ1) is 16.4. The van der Waals surface area contributed by atoms with Crippen LogP contribution in [-0.4, -0.2) is 63.6 Å². The van der Waals surface area contributed by atoms with E-state index in [9.17, 15) is 13.2 Å². The molecule has 1 amide bonds. The van der Waals surface area contributed by atoms with E-state index in [0.717, 1.165) is 11.1 Å². The number of sulfonamides is 1. The van der Waals surface area contributed by atoms with Crippen LogP contribution in [0.1, 0.15) is 21.6 Å². The molecule has 0 aliphatic carbocycles. The fraction of sp³-hybridized carbons (Fsp3) is 0.333. The predicted octanol–water partition coefficient (Wildman–Crippen LogP) is 2.65. The number of methoxy groups -OCH3 is 1. The summed E-state index contributed by atoms with van der Waals surface area (Å²) >= 11 is 0. The van der Waals surface area contributed by atoms with Gasteiger partial charge in [-0.1, -0.05) is 17.7 Å². The third kappa shape index (κ3) is 5.30. The number of nitrogens with one attached hydrogen (secondary N) is 1. The van der Waals surface area contributed by atoms with Crippen LogP contribution in [0.3, 0.4) is 0 Å². The maximum atomic E-state index is 13.1. The lowest BCUT2D eigenvalue weighted by Crippen LogP contribution is -2.40. The van der Waals surface area contributed by atoms with Crippen molar-refractivity contribution in [1.82, 2.24) is 14.6 Å². The van der Waals surface area contributed by atoms with Crippen LogP contribution in [-0.2, 0) is 21.2 Å². The number of morpholine rings is 1. The summed E-state index contributed by atoms with van der Waals surface area (Å²) in [7, 11) is -2.43. The summed E-state index contributed by atoms with van der Waals surface area (Å²) in [6.45, 7) is 3.49. The molecule has 1 aliphatic heterocycles. The largest absolute Gasteiger partial charge is 0.495 e. The number of rotatable bonds is 8. The average Bonchev–Trinajstić information content (AvgIpc) is 3.33. The molecule has 10 heteroatoms. The molecule has 1 fully saturated rings. The number of benzene rings is 2. The van der Waals surface area contributed by atoms with Gasteiger partial charge in [-0.2, -0.15) is 4.31 Å². The Hall–Kier alpha value is -3.21. The maximum absolute atomic E-state index is 13.1. The second-order valence-electron chi connectivity index (χ2n) is 7.90. The predicted molar refractivity (Wildman–Crippen MR) is 125 cm³/mol. The molecule has 0 atom stereocenters. The third-order valence-electron chi connectivity index (χ3n) is 5.53. The van der Waals surface area contributed by atoms with Gasteiger partial charge in [0, 0.05) is 37.2 Å². The zero-order valence-electron chi connectivity index (χ0n) is 19.1. The highest BCUT2D eigenvalue weighted by Crippen LogP contribution is 2.28. The van der Waals surface area contributed by atoms with Crippen LogP contribution in [0.4, 0.5) is 0 Å². The quantitative estimate of drug-likeness (QED) is 0.522. The lowest BCUT2D eigenvalue weighted by atomic mass is 10.1. The number of oxazole rings is 1. The van der Waals surface area contributed by atoms with Crippen molar-refractivity contribution in [3.05, 3.63) is 65.5 Å². The number of hydrogen-bond acceptors (Lipinski definition) is 7. The summed E-state index contributed by atoms with van der Waals surface area (Å²) in [6, 6.07) is 12.2. The van der Waals surface area contributed by atoms with Crippen molar-refractivity contribution in [1.29, 1.82) is 0 Å². The van der Waals surface area contributed by atoms with Crippen molar-refractivity contribution >= 4 is 15.9 Å². The SMILES string of the molecule is COc1ccc(C(=O)NCCc2coc(-c3ccc(C)cc3)n2)cc1S(=O)(=O)N1CCOCC1. The molecule has 34 heavy (non-hydrogen) atoms. The lowest BCUT2D eigenvalue weighted by Gasteiger charge is -2.26. The Labute approximate surface area is 198 Å². The minimum absolute atomic E-state index is 0.0382. The fourth-order valence-corrected chi connectivity index (χ4v) is 5.19. The molecule has 3 aromatic rings. The molecule has 0 radical (unpaired) electrons. The topological polar surface area (TPSA) is 111 Å². The molecule has 180 valence electrons. The highest BCUT2D eigenvalue weighted by Gasteiger charge is 2.30. The number of hydrogen-bond donors (Lipinski definition) is 1. The number of carbonyl (C=O) groups excluding carboxylic acids is 1. The van der Waals surface area contributed by atoms with Gasteiger partial charge >= 0.3 is 0 Å². The normalized spacial score (nSPS) is 14.6. The number of ether oxygens (including phenoxy) is 2. The van der Waals surface area contributed by atoms with Crippen LogP contribution >= 0.6 is 0 Å². The van der Waals surface area contributed by atoms with Gasteiger partial charge in [-0.05, 0) is 37.3 Å². The van der Waals surface area contributed by atoms with E-state index in [2.05, 4.69) is 10.3 Å². The number of aryl methyl sites for hydroxylation is 1. The van der Waals surface area contributed by atoms with Crippen LogP contribution in [0.25, 0.3) is 11.5 Å². The molecular weight excluding hydrogens is 458 g/mol. The second-order valence-corrected chi connectivity index (χ2v) is 9.80. The molecule has 9 nitrogen and oxygen atoms in total. The van der Waals surface area contributed by atoms with E-state index >= 15 is 0 Å². The standard InChI is InChI=1S/C24H27N3O6S/c1-17-3-5-18(6-4-17)24-26-20(16-33-24)9-10-25-23(28)19-7-8-21(31-2)22(15-19)34(29,30)27-11-13-32-14-12-27/h3-8,15-16H,9-14H2,1-2H3,(H,25,28). The van der Waals surface area contributed by atoms with Crippen molar-refractivity contribution in [2.45, 2.75) is 18.2 Å². The molecule has 2 aromatic carbocycles. The highest BCUT2D eigenvalue weighted by molar-refractivity contribution is 7.89. The third-order valence-corrected chi connectivity index (χ3v) is 7.45. The number of carbonyl (C=O) groups is 1. The molecule has 0 bridgehead atoms. The van der Waals surface area contributed by atoms with E-state index in [1.54, 1.807) is 6.26 Å². The van der Waals surface area contributed by atoms with Gasteiger partial charge in [0.2, 0.25) is 15.9 Å². The molecule has 1 aromatic heterocycles. The van der Waals surface area contributed by atoms with E-state index in [4.69, 9.17) is 13.9 Å². The van der Waals surface area contributed by atoms with Gasteiger partial charge < -0.3 is 19.2 Å². The maximum Gasteiger partial charge on any atom is 0.251 e. The monoisotopic (exact) mass is 485 g/mol. The summed E-state index contributed by atoms with van der Waals surface area (Å²) in [5.74, 6) is 0.326. The average molecular weight is 486 g/mol. The van der Waals surface area contributed by atoms with Crippen LogP contribution in [0, 0.1) is 6.92 Å². The van der Waals surface area contributed by atoms with E-state index in [1.807, 2.05) is 31.2 Å². The fourth-order valence-electron chi connectivity index (χ4n) is 3.60. The first-order valence-corrected chi connectivity index (χ1v) is 12.4. The van der Waals surface area contributed by atoms with Gasteiger partial charge in [0.05, 0.1) is 26.0 Å². The summed E-state index contributed by atoms with van der Waals surface area (Å²) in [6.07, 6.45) is 2.04. The molecule has 2 heterocycles. The molecule has 1 saturated heterocycles.